The van der Waals surface area contributed by atoms with Crippen LogP contribution in [-0.4, -0.2) is 0 Å². The third-order valence-corrected chi connectivity index (χ3v) is 4.04. The van der Waals surface area contributed by atoms with E-state index in [9.17, 15) is 0 Å². The third kappa shape index (κ3) is 3.64. The molecule has 0 aliphatic carbocycles. The normalized spacial score (nSPS) is 10.6. The minimum Gasteiger partial charge on any atom is -0.399 e. The minimum absolute atomic E-state index is 0.775. The number of hydrogen-bond donors (Lipinski definition) is 3. The van der Waals surface area contributed by atoms with Crippen molar-refractivity contribution in [2.45, 2.75) is 12.8 Å². The molecule has 0 aromatic heterocycles. The Morgan fingerprint density at radius 3 is 1.65 bits per heavy atom. The standard InChI is InChI=1S/C20H21N3/c21-17-8-4-14(5-9-17)12-16-2-1-3-20(23)19(16)13-15-6-10-18(22)11-7-15/h1-11H,12-13,21-23H2. The number of benzene rings is 3. The van der Waals surface area contributed by atoms with Crippen molar-refractivity contribution >= 4 is 17.1 Å². The van der Waals surface area contributed by atoms with Crippen LogP contribution in [0.25, 0.3) is 0 Å². The van der Waals surface area contributed by atoms with Gasteiger partial charge in [-0.2, -0.15) is 0 Å². The average Bonchev–Trinajstić information content (AvgIpc) is 2.55. The van der Waals surface area contributed by atoms with Crippen LogP contribution >= 0.6 is 0 Å². The second-order valence-electron chi connectivity index (χ2n) is 5.82. The van der Waals surface area contributed by atoms with E-state index in [0.29, 0.717) is 0 Å². The Kier molecular flexibility index (Phi) is 4.20. The number of nitrogens with two attached hydrogens (primary N) is 3. The summed E-state index contributed by atoms with van der Waals surface area (Å²) in [5.41, 5.74) is 25.0. The molecule has 0 unspecified atom stereocenters. The fourth-order valence-electron chi connectivity index (χ4n) is 2.73. The molecule has 0 aliphatic heterocycles. The van der Waals surface area contributed by atoms with E-state index in [1.54, 1.807) is 0 Å². The summed E-state index contributed by atoms with van der Waals surface area (Å²) in [5, 5.41) is 0. The highest BCUT2D eigenvalue weighted by Gasteiger charge is 2.08. The first-order valence-corrected chi connectivity index (χ1v) is 7.67. The first kappa shape index (κ1) is 15.0. The lowest BCUT2D eigenvalue weighted by molar-refractivity contribution is 1.09. The predicted molar refractivity (Wildman–Crippen MR) is 98.2 cm³/mol. The fourth-order valence-corrected chi connectivity index (χ4v) is 2.73. The van der Waals surface area contributed by atoms with Gasteiger partial charge in [0.2, 0.25) is 0 Å². The molecule has 0 spiro atoms. The van der Waals surface area contributed by atoms with Crippen LogP contribution in [0.3, 0.4) is 0 Å². The lowest BCUT2D eigenvalue weighted by Gasteiger charge is -2.13. The maximum atomic E-state index is 6.23. The van der Waals surface area contributed by atoms with Gasteiger partial charge in [0.1, 0.15) is 0 Å². The average molecular weight is 303 g/mol. The van der Waals surface area contributed by atoms with Crippen LogP contribution in [0.1, 0.15) is 22.3 Å². The van der Waals surface area contributed by atoms with Gasteiger partial charge in [-0.25, -0.2) is 0 Å². The largest absolute Gasteiger partial charge is 0.399 e. The van der Waals surface area contributed by atoms with Crippen molar-refractivity contribution in [3.63, 3.8) is 0 Å². The van der Waals surface area contributed by atoms with Crippen molar-refractivity contribution in [1.29, 1.82) is 0 Å². The van der Waals surface area contributed by atoms with Crippen LogP contribution < -0.4 is 17.2 Å². The van der Waals surface area contributed by atoms with Crippen molar-refractivity contribution in [1.82, 2.24) is 0 Å². The van der Waals surface area contributed by atoms with E-state index >= 15 is 0 Å². The molecule has 3 aromatic rings. The molecule has 0 fully saturated rings. The molecule has 116 valence electrons. The van der Waals surface area contributed by atoms with Crippen LogP contribution in [-0.2, 0) is 12.8 Å². The smallest absolute Gasteiger partial charge is 0.0352 e. The van der Waals surface area contributed by atoms with Gasteiger partial charge in [-0.1, -0.05) is 36.4 Å². The molecule has 3 rings (SSSR count). The molecule has 0 saturated carbocycles. The number of hydrogen-bond acceptors (Lipinski definition) is 3. The summed E-state index contributed by atoms with van der Waals surface area (Å²) in [4.78, 5) is 0. The first-order chi connectivity index (χ1) is 11.1. The number of anilines is 3. The van der Waals surface area contributed by atoms with Crippen molar-refractivity contribution in [2.75, 3.05) is 17.2 Å². The highest BCUT2D eigenvalue weighted by atomic mass is 14.6. The summed E-state index contributed by atoms with van der Waals surface area (Å²) in [7, 11) is 0. The molecule has 0 aliphatic rings. The zero-order valence-corrected chi connectivity index (χ0v) is 13.0. The van der Waals surface area contributed by atoms with E-state index in [1.165, 1.54) is 22.3 Å². The monoisotopic (exact) mass is 303 g/mol. The summed E-state index contributed by atoms with van der Waals surface area (Å²) in [6, 6.07) is 22.0. The zero-order valence-electron chi connectivity index (χ0n) is 13.0. The second-order valence-corrected chi connectivity index (χ2v) is 5.82. The third-order valence-electron chi connectivity index (χ3n) is 4.04. The van der Waals surface area contributed by atoms with Gasteiger partial charge >= 0.3 is 0 Å². The Labute approximate surface area is 136 Å². The molecule has 6 N–H and O–H groups in total. The van der Waals surface area contributed by atoms with E-state index in [4.69, 9.17) is 17.2 Å². The molecule has 0 radical (unpaired) electrons. The second kappa shape index (κ2) is 6.44. The van der Waals surface area contributed by atoms with Gasteiger partial charge < -0.3 is 17.2 Å². The van der Waals surface area contributed by atoms with Gasteiger partial charge in [0.05, 0.1) is 0 Å². The van der Waals surface area contributed by atoms with Crippen molar-refractivity contribution in [3.05, 3.63) is 89.0 Å². The van der Waals surface area contributed by atoms with E-state index in [0.717, 1.165) is 29.9 Å². The Bertz CT molecular complexity index is 790. The van der Waals surface area contributed by atoms with Crippen molar-refractivity contribution in [3.8, 4) is 0 Å². The molecule has 0 saturated heterocycles. The van der Waals surface area contributed by atoms with Crippen LogP contribution in [0.15, 0.2) is 66.7 Å². The maximum absolute atomic E-state index is 6.23. The molecule has 0 heterocycles. The topological polar surface area (TPSA) is 78.1 Å². The van der Waals surface area contributed by atoms with Crippen LogP contribution in [0.2, 0.25) is 0 Å². The summed E-state index contributed by atoms with van der Waals surface area (Å²) in [6.45, 7) is 0. The number of rotatable bonds is 4. The molecular weight excluding hydrogens is 282 g/mol. The van der Waals surface area contributed by atoms with E-state index < -0.39 is 0 Å². The van der Waals surface area contributed by atoms with Gasteiger partial charge in [0.25, 0.3) is 0 Å². The zero-order chi connectivity index (χ0) is 16.2. The first-order valence-electron chi connectivity index (χ1n) is 7.67. The van der Waals surface area contributed by atoms with Crippen molar-refractivity contribution < 1.29 is 0 Å². The predicted octanol–water partition coefficient (Wildman–Crippen LogP) is 3.61. The van der Waals surface area contributed by atoms with Crippen molar-refractivity contribution in [2.24, 2.45) is 0 Å². The van der Waals surface area contributed by atoms with Gasteiger partial charge in [-0.3, -0.25) is 0 Å². The molecule has 23 heavy (non-hydrogen) atoms. The Hall–Kier alpha value is -2.94. The van der Waals surface area contributed by atoms with Crippen LogP contribution in [0.4, 0.5) is 17.1 Å². The van der Waals surface area contributed by atoms with E-state index in [-0.39, 0.29) is 0 Å². The molecule has 3 aromatic carbocycles. The van der Waals surface area contributed by atoms with E-state index in [2.05, 4.69) is 30.3 Å². The SMILES string of the molecule is Nc1ccc(Cc2cccc(N)c2Cc2ccc(N)cc2)cc1. The molecular formula is C20H21N3. The molecule has 0 amide bonds. The quantitative estimate of drug-likeness (QED) is 0.644. The van der Waals surface area contributed by atoms with Crippen LogP contribution in [0, 0.1) is 0 Å². The van der Waals surface area contributed by atoms with E-state index in [1.807, 2.05) is 36.4 Å². The summed E-state index contributed by atoms with van der Waals surface area (Å²) >= 11 is 0. The Morgan fingerprint density at radius 2 is 1.09 bits per heavy atom. The van der Waals surface area contributed by atoms with Gasteiger partial charge in [0, 0.05) is 17.1 Å². The lowest BCUT2D eigenvalue weighted by Crippen LogP contribution is -2.02. The van der Waals surface area contributed by atoms with Crippen LogP contribution in [0.5, 0.6) is 0 Å². The van der Waals surface area contributed by atoms with Gasteiger partial charge in [0.15, 0.2) is 0 Å². The summed E-state index contributed by atoms with van der Waals surface area (Å²) in [5.74, 6) is 0. The van der Waals surface area contributed by atoms with Gasteiger partial charge in [-0.05, 0) is 65.4 Å². The highest BCUT2D eigenvalue weighted by Crippen LogP contribution is 2.24. The number of nitrogen functional groups attached to an aromatic ring is 3. The Morgan fingerprint density at radius 1 is 0.565 bits per heavy atom. The Balaban J connectivity index is 1.90. The summed E-state index contributed by atoms with van der Waals surface area (Å²) < 4.78 is 0. The highest BCUT2D eigenvalue weighted by molar-refractivity contribution is 5.55. The molecule has 3 nitrogen and oxygen atoms in total. The summed E-state index contributed by atoms with van der Waals surface area (Å²) in [6.07, 6.45) is 1.65. The molecule has 3 heteroatoms. The lowest BCUT2D eigenvalue weighted by atomic mass is 9.94. The molecule has 0 bridgehead atoms. The molecule has 0 atom stereocenters. The maximum Gasteiger partial charge on any atom is 0.0352 e. The van der Waals surface area contributed by atoms with Gasteiger partial charge in [-0.15, -0.1) is 0 Å². The fraction of sp³-hybridized carbons (Fsp3) is 0.100. The minimum atomic E-state index is 0.775.